The van der Waals surface area contributed by atoms with Crippen LogP contribution in [0.25, 0.3) is 10.8 Å². The molecule has 108 valence electrons. The lowest BCUT2D eigenvalue weighted by molar-refractivity contribution is -0.120. The molecule has 1 atom stereocenters. The number of aromatic nitrogens is 1. The SMILES string of the molecule is CCC(O)CCNC(=O)Cc1csc(-c2ccco2)n1. The van der Waals surface area contributed by atoms with Crippen molar-refractivity contribution in [3.63, 3.8) is 0 Å². The van der Waals surface area contributed by atoms with Crippen LogP contribution in [-0.2, 0) is 11.2 Å². The largest absolute Gasteiger partial charge is 0.462 e. The highest BCUT2D eigenvalue weighted by Crippen LogP contribution is 2.23. The molecule has 2 aromatic heterocycles. The Kier molecular flexibility index (Phi) is 5.31. The molecule has 2 N–H and O–H groups in total. The van der Waals surface area contributed by atoms with Gasteiger partial charge >= 0.3 is 0 Å². The molecule has 2 heterocycles. The van der Waals surface area contributed by atoms with Crippen molar-refractivity contribution < 1.29 is 14.3 Å². The number of aliphatic hydroxyl groups excluding tert-OH is 1. The monoisotopic (exact) mass is 294 g/mol. The third kappa shape index (κ3) is 4.18. The first-order chi connectivity index (χ1) is 9.69. The average Bonchev–Trinajstić information content (AvgIpc) is 3.08. The Morgan fingerprint density at radius 2 is 2.45 bits per heavy atom. The van der Waals surface area contributed by atoms with Gasteiger partial charge in [0.25, 0.3) is 0 Å². The van der Waals surface area contributed by atoms with Gasteiger partial charge in [-0.1, -0.05) is 6.92 Å². The summed E-state index contributed by atoms with van der Waals surface area (Å²) in [5.41, 5.74) is 0.731. The van der Waals surface area contributed by atoms with Crippen molar-refractivity contribution in [2.24, 2.45) is 0 Å². The second-order valence-corrected chi connectivity index (χ2v) is 5.36. The number of carbonyl (C=O) groups excluding carboxylic acids is 1. The molecule has 2 aromatic rings. The molecule has 0 spiro atoms. The predicted octanol–water partition coefficient (Wildman–Crippen LogP) is 2.22. The van der Waals surface area contributed by atoms with Gasteiger partial charge in [0.15, 0.2) is 10.8 Å². The lowest BCUT2D eigenvalue weighted by atomic mass is 10.2. The standard InChI is InChI=1S/C14H18N2O3S/c1-2-11(17)5-6-15-13(18)8-10-9-20-14(16-10)12-4-3-7-19-12/h3-4,7,9,11,17H,2,5-6,8H2,1H3,(H,15,18). The van der Waals surface area contributed by atoms with Crippen molar-refractivity contribution in [2.75, 3.05) is 6.54 Å². The molecule has 0 saturated heterocycles. The first kappa shape index (κ1) is 14.7. The topological polar surface area (TPSA) is 75.4 Å². The summed E-state index contributed by atoms with van der Waals surface area (Å²) in [5, 5.41) is 14.8. The fourth-order valence-corrected chi connectivity index (χ4v) is 2.50. The third-order valence-corrected chi connectivity index (χ3v) is 3.80. The molecule has 0 bridgehead atoms. The maximum atomic E-state index is 11.7. The normalized spacial score (nSPS) is 12.3. The number of thiazole rings is 1. The predicted molar refractivity (Wildman–Crippen MR) is 77.4 cm³/mol. The van der Waals surface area contributed by atoms with Gasteiger partial charge in [-0.05, 0) is 25.0 Å². The van der Waals surface area contributed by atoms with Crippen LogP contribution in [0, 0.1) is 0 Å². The molecule has 2 rings (SSSR count). The highest BCUT2D eigenvalue weighted by atomic mass is 32.1. The Hall–Kier alpha value is -1.66. The Labute approximate surface area is 121 Å². The molecule has 20 heavy (non-hydrogen) atoms. The van der Waals surface area contributed by atoms with Crippen molar-refractivity contribution in [1.82, 2.24) is 10.3 Å². The summed E-state index contributed by atoms with van der Waals surface area (Å²) in [4.78, 5) is 16.1. The molecule has 0 aromatic carbocycles. The first-order valence-electron chi connectivity index (χ1n) is 6.62. The molecule has 0 aliphatic rings. The lowest BCUT2D eigenvalue weighted by Crippen LogP contribution is -2.28. The van der Waals surface area contributed by atoms with Crippen LogP contribution in [0.15, 0.2) is 28.2 Å². The van der Waals surface area contributed by atoms with E-state index >= 15 is 0 Å². The van der Waals surface area contributed by atoms with Crippen molar-refractivity contribution in [3.8, 4) is 10.8 Å². The Morgan fingerprint density at radius 1 is 1.60 bits per heavy atom. The van der Waals surface area contributed by atoms with E-state index in [9.17, 15) is 9.90 Å². The van der Waals surface area contributed by atoms with Crippen molar-refractivity contribution in [1.29, 1.82) is 0 Å². The summed E-state index contributed by atoms with van der Waals surface area (Å²) in [7, 11) is 0. The molecule has 0 aliphatic heterocycles. The molecule has 0 fully saturated rings. The van der Waals surface area contributed by atoms with Crippen LogP contribution < -0.4 is 5.32 Å². The van der Waals surface area contributed by atoms with E-state index in [0.29, 0.717) is 25.1 Å². The van der Waals surface area contributed by atoms with Crippen LogP contribution in [-0.4, -0.2) is 28.6 Å². The van der Waals surface area contributed by atoms with Gasteiger partial charge in [-0.3, -0.25) is 4.79 Å². The number of aliphatic hydroxyl groups is 1. The second-order valence-electron chi connectivity index (χ2n) is 4.50. The number of rotatable bonds is 7. The average molecular weight is 294 g/mol. The van der Waals surface area contributed by atoms with Gasteiger partial charge < -0.3 is 14.8 Å². The maximum Gasteiger partial charge on any atom is 0.226 e. The summed E-state index contributed by atoms with van der Waals surface area (Å²) in [5.74, 6) is 0.636. The first-order valence-corrected chi connectivity index (χ1v) is 7.50. The smallest absolute Gasteiger partial charge is 0.226 e. The third-order valence-electron chi connectivity index (χ3n) is 2.90. The number of hydrogen-bond acceptors (Lipinski definition) is 5. The Bertz CT molecular complexity index is 536. The Balaban J connectivity index is 1.80. The quantitative estimate of drug-likeness (QED) is 0.821. The van der Waals surface area contributed by atoms with Crippen LogP contribution in [0.1, 0.15) is 25.5 Å². The fourth-order valence-electron chi connectivity index (χ4n) is 1.71. The van der Waals surface area contributed by atoms with E-state index in [1.165, 1.54) is 11.3 Å². The summed E-state index contributed by atoms with van der Waals surface area (Å²) in [6, 6.07) is 3.65. The number of carbonyl (C=O) groups is 1. The van der Waals surface area contributed by atoms with Crippen molar-refractivity contribution in [3.05, 3.63) is 29.5 Å². The van der Waals surface area contributed by atoms with Gasteiger partial charge in [0, 0.05) is 11.9 Å². The van der Waals surface area contributed by atoms with E-state index < -0.39 is 0 Å². The van der Waals surface area contributed by atoms with E-state index in [1.54, 1.807) is 6.26 Å². The van der Waals surface area contributed by atoms with E-state index in [0.717, 1.165) is 10.7 Å². The molecule has 6 heteroatoms. The summed E-state index contributed by atoms with van der Waals surface area (Å²) in [6.07, 6.45) is 2.78. The van der Waals surface area contributed by atoms with Crippen molar-refractivity contribution in [2.45, 2.75) is 32.3 Å². The van der Waals surface area contributed by atoms with Gasteiger partial charge in [0.1, 0.15) is 0 Å². The minimum atomic E-state index is -0.347. The van der Waals surface area contributed by atoms with Crippen LogP contribution in [0.2, 0.25) is 0 Å². The van der Waals surface area contributed by atoms with Gasteiger partial charge in [-0.25, -0.2) is 4.98 Å². The van der Waals surface area contributed by atoms with E-state index in [4.69, 9.17) is 4.42 Å². The highest BCUT2D eigenvalue weighted by Gasteiger charge is 2.10. The number of nitrogens with one attached hydrogen (secondary N) is 1. The van der Waals surface area contributed by atoms with E-state index in [-0.39, 0.29) is 18.4 Å². The van der Waals surface area contributed by atoms with Crippen LogP contribution >= 0.6 is 11.3 Å². The summed E-state index contributed by atoms with van der Waals surface area (Å²) < 4.78 is 5.26. The number of hydrogen-bond donors (Lipinski definition) is 2. The minimum absolute atomic E-state index is 0.0791. The number of nitrogens with zero attached hydrogens (tertiary/aromatic N) is 1. The molecule has 5 nitrogen and oxygen atoms in total. The molecule has 1 unspecified atom stereocenters. The van der Waals surface area contributed by atoms with Gasteiger partial charge in [-0.2, -0.15) is 0 Å². The van der Waals surface area contributed by atoms with Crippen LogP contribution in [0.4, 0.5) is 0 Å². The maximum absolute atomic E-state index is 11.7. The highest BCUT2D eigenvalue weighted by molar-refractivity contribution is 7.13. The lowest BCUT2D eigenvalue weighted by Gasteiger charge is -2.08. The minimum Gasteiger partial charge on any atom is -0.462 e. The molecule has 1 amide bonds. The zero-order chi connectivity index (χ0) is 14.4. The van der Waals surface area contributed by atoms with E-state index in [1.807, 2.05) is 24.4 Å². The number of furan rings is 1. The molecule has 0 aliphatic carbocycles. The van der Waals surface area contributed by atoms with Crippen LogP contribution in [0.5, 0.6) is 0 Å². The van der Waals surface area contributed by atoms with Gasteiger partial charge in [0.2, 0.25) is 5.91 Å². The zero-order valence-corrected chi connectivity index (χ0v) is 12.2. The number of amides is 1. The molecule has 0 radical (unpaired) electrons. The Morgan fingerprint density at radius 3 is 3.15 bits per heavy atom. The molecule has 0 saturated carbocycles. The molecular weight excluding hydrogens is 276 g/mol. The van der Waals surface area contributed by atoms with E-state index in [2.05, 4.69) is 10.3 Å². The zero-order valence-electron chi connectivity index (χ0n) is 11.3. The van der Waals surface area contributed by atoms with Gasteiger partial charge in [0.05, 0.1) is 24.5 Å². The fraction of sp³-hybridized carbons (Fsp3) is 0.429. The van der Waals surface area contributed by atoms with Crippen LogP contribution in [0.3, 0.4) is 0 Å². The van der Waals surface area contributed by atoms with Gasteiger partial charge in [-0.15, -0.1) is 11.3 Å². The van der Waals surface area contributed by atoms with Crippen molar-refractivity contribution >= 4 is 17.2 Å². The molecular formula is C14H18N2O3S. The second kappa shape index (κ2) is 7.21. The summed E-state index contributed by atoms with van der Waals surface area (Å²) in [6.45, 7) is 2.40. The summed E-state index contributed by atoms with van der Waals surface area (Å²) >= 11 is 1.46.